The molecule has 2 rings (SSSR count). The summed E-state index contributed by atoms with van der Waals surface area (Å²) in [5, 5.41) is 0. The van der Waals surface area contributed by atoms with Crippen LogP contribution in [-0.4, -0.2) is 13.2 Å². The zero-order chi connectivity index (χ0) is 11.4. The number of ether oxygens (including phenoxy) is 1. The predicted octanol–water partition coefficient (Wildman–Crippen LogP) is 2.76. The molecule has 2 N–H and O–H groups in total. The molecule has 0 radical (unpaired) electrons. The first-order valence-electron chi connectivity index (χ1n) is 6.16. The van der Waals surface area contributed by atoms with Crippen molar-refractivity contribution in [1.82, 2.24) is 0 Å². The fourth-order valence-corrected chi connectivity index (χ4v) is 2.06. The Bertz CT molecular complexity index is 333. The number of rotatable bonds is 6. The SMILES string of the molecule is COc1cccc(CC(N)CCC2CC2)c1. The Morgan fingerprint density at radius 2 is 2.25 bits per heavy atom. The van der Waals surface area contributed by atoms with E-state index in [1.165, 1.54) is 24.8 Å². The van der Waals surface area contributed by atoms with Gasteiger partial charge in [-0.1, -0.05) is 25.0 Å². The van der Waals surface area contributed by atoms with Crippen LogP contribution >= 0.6 is 0 Å². The Kier molecular flexibility index (Phi) is 3.83. The van der Waals surface area contributed by atoms with E-state index in [9.17, 15) is 0 Å². The molecule has 0 amide bonds. The smallest absolute Gasteiger partial charge is 0.119 e. The molecular weight excluding hydrogens is 198 g/mol. The number of nitrogens with two attached hydrogens (primary N) is 1. The third kappa shape index (κ3) is 3.53. The molecule has 0 aromatic heterocycles. The predicted molar refractivity (Wildman–Crippen MR) is 66.6 cm³/mol. The second-order valence-corrected chi connectivity index (χ2v) is 4.84. The van der Waals surface area contributed by atoms with Gasteiger partial charge in [-0.3, -0.25) is 0 Å². The largest absolute Gasteiger partial charge is 0.497 e. The monoisotopic (exact) mass is 219 g/mol. The minimum Gasteiger partial charge on any atom is -0.497 e. The molecule has 1 aliphatic carbocycles. The van der Waals surface area contributed by atoms with E-state index in [-0.39, 0.29) is 0 Å². The maximum absolute atomic E-state index is 6.13. The van der Waals surface area contributed by atoms with E-state index in [0.717, 1.165) is 24.5 Å². The Morgan fingerprint density at radius 3 is 2.94 bits per heavy atom. The molecule has 0 heterocycles. The van der Waals surface area contributed by atoms with Crippen LogP contribution in [0.4, 0.5) is 0 Å². The zero-order valence-corrected chi connectivity index (χ0v) is 9.99. The van der Waals surface area contributed by atoms with Crippen LogP contribution in [0.2, 0.25) is 0 Å². The first-order chi connectivity index (χ1) is 7.78. The molecule has 2 heteroatoms. The summed E-state index contributed by atoms with van der Waals surface area (Å²) in [7, 11) is 1.70. The highest BCUT2D eigenvalue weighted by atomic mass is 16.5. The third-order valence-electron chi connectivity index (χ3n) is 3.27. The van der Waals surface area contributed by atoms with Crippen molar-refractivity contribution >= 4 is 0 Å². The lowest BCUT2D eigenvalue weighted by Crippen LogP contribution is -2.22. The molecule has 1 aromatic rings. The van der Waals surface area contributed by atoms with Crippen LogP contribution in [-0.2, 0) is 6.42 Å². The van der Waals surface area contributed by atoms with Crippen molar-refractivity contribution in [3.05, 3.63) is 29.8 Å². The molecule has 1 atom stereocenters. The first-order valence-corrected chi connectivity index (χ1v) is 6.16. The number of benzene rings is 1. The summed E-state index contributed by atoms with van der Waals surface area (Å²) in [4.78, 5) is 0. The minimum absolute atomic E-state index is 0.299. The van der Waals surface area contributed by atoms with E-state index in [1.807, 2.05) is 12.1 Å². The average Bonchev–Trinajstić information content (AvgIpc) is 3.10. The van der Waals surface area contributed by atoms with Crippen molar-refractivity contribution in [3.63, 3.8) is 0 Å². The normalized spacial score (nSPS) is 17.1. The zero-order valence-electron chi connectivity index (χ0n) is 9.99. The van der Waals surface area contributed by atoms with E-state index in [0.29, 0.717) is 6.04 Å². The van der Waals surface area contributed by atoms with Gasteiger partial charge < -0.3 is 10.5 Å². The topological polar surface area (TPSA) is 35.2 Å². The van der Waals surface area contributed by atoms with Crippen LogP contribution in [0.25, 0.3) is 0 Å². The minimum atomic E-state index is 0.299. The van der Waals surface area contributed by atoms with E-state index >= 15 is 0 Å². The van der Waals surface area contributed by atoms with Gasteiger partial charge in [-0.2, -0.15) is 0 Å². The molecule has 0 saturated heterocycles. The van der Waals surface area contributed by atoms with Gasteiger partial charge in [-0.25, -0.2) is 0 Å². The van der Waals surface area contributed by atoms with Gasteiger partial charge in [0, 0.05) is 6.04 Å². The van der Waals surface area contributed by atoms with Crippen molar-refractivity contribution in [3.8, 4) is 5.75 Å². The van der Waals surface area contributed by atoms with Crippen molar-refractivity contribution < 1.29 is 4.74 Å². The lowest BCUT2D eigenvalue weighted by atomic mass is 10.0. The molecule has 0 bridgehead atoms. The molecule has 1 unspecified atom stereocenters. The summed E-state index contributed by atoms with van der Waals surface area (Å²) in [6.07, 6.45) is 6.27. The fraction of sp³-hybridized carbons (Fsp3) is 0.571. The highest BCUT2D eigenvalue weighted by molar-refractivity contribution is 5.28. The molecule has 0 spiro atoms. The van der Waals surface area contributed by atoms with E-state index in [4.69, 9.17) is 10.5 Å². The molecule has 2 nitrogen and oxygen atoms in total. The van der Waals surface area contributed by atoms with Crippen molar-refractivity contribution in [2.24, 2.45) is 11.7 Å². The van der Waals surface area contributed by atoms with Gasteiger partial charge in [-0.05, 0) is 42.9 Å². The Hall–Kier alpha value is -1.02. The summed E-state index contributed by atoms with van der Waals surface area (Å²) in [6.45, 7) is 0. The number of methoxy groups -OCH3 is 1. The van der Waals surface area contributed by atoms with Gasteiger partial charge in [0.1, 0.15) is 5.75 Å². The highest BCUT2D eigenvalue weighted by Gasteiger charge is 2.21. The van der Waals surface area contributed by atoms with Crippen molar-refractivity contribution in [1.29, 1.82) is 0 Å². The molecule has 1 saturated carbocycles. The van der Waals surface area contributed by atoms with Crippen LogP contribution in [0.3, 0.4) is 0 Å². The van der Waals surface area contributed by atoms with Crippen LogP contribution in [0.15, 0.2) is 24.3 Å². The Labute approximate surface area is 97.8 Å². The van der Waals surface area contributed by atoms with Crippen LogP contribution in [0.1, 0.15) is 31.2 Å². The van der Waals surface area contributed by atoms with Crippen LogP contribution in [0, 0.1) is 5.92 Å². The standard InChI is InChI=1S/C14H21NO/c1-16-14-4-2-3-12(10-14)9-13(15)8-7-11-5-6-11/h2-4,10-11,13H,5-9,15H2,1H3. The van der Waals surface area contributed by atoms with Gasteiger partial charge in [0.15, 0.2) is 0 Å². The lowest BCUT2D eigenvalue weighted by Gasteiger charge is -2.11. The summed E-state index contributed by atoms with van der Waals surface area (Å²) in [5.74, 6) is 1.91. The third-order valence-corrected chi connectivity index (χ3v) is 3.27. The molecule has 88 valence electrons. The summed E-state index contributed by atoms with van der Waals surface area (Å²) >= 11 is 0. The van der Waals surface area contributed by atoms with Gasteiger partial charge in [0.25, 0.3) is 0 Å². The average molecular weight is 219 g/mol. The fourth-order valence-electron chi connectivity index (χ4n) is 2.06. The molecular formula is C14H21NO. The van der Waals surface area contributed by atoms with Crippen LogP contribution in [0.5, 0.6) is 5.75 Å². The molecule has 1 fully saturated rings. The number of hydrogen-bond donors (Lipinski definition) is 1. The molecule has 0 aliphatic heterocycles. The van der Waals surface area contributed by atoms with E-state index < -0.39 is 0 Å². The summed E-state index contributed by atoms with van der Waals surface area (Å²) < 4.78 is 5.20. The van der Waals surface area contributed by atoms with Crippen molar-refractivity contribution in [2.45, 2.75) is 38.1 Å². The van der Waals surface area contributed by atoms with Gasteiger partial charge in [0.05, 0.1) is 7.11 Å². The Balaban J connectivity index is 1.81. The van der Waals surface area contributed by atoms with E-state index in [1.54, 1.807) is 7.11 Å². The van der Waals surface area contributed by atoms with Crippen molar-refractivity contribution in [2.75, 3.05) is 7.11 Å². The van der Waals surface area contributed by atoms with Gasteiger partial charge in [0.2, 0.25) is 0 Å². The maximum Gasteiger partial charge on any atom is 0.119 e. The number of hydrogen-bond acceptors (Lipinski definition) is 2. The highest BCUT2D eigenvalue weighted by Crippen LogP contribution is 2.33. The quantitative estimate of drug-likeness (QED) is 0.798. The lowest BCUT2D eigenvalue weighted by molar-refractivity contribution is 0.414. The molecule has 16 heavy (non-hydrogen) atoms. The summed E-state index contributed by atoms with van der Waals surface area (Å²) in [6, 6.07) is 8.50. The summed E-state index contributed by atoms with van der Waals surface area (Å²) in [5.41, 5.74) is 7.41. The maximum atomic E-state index is 6.13. The Morgan fingerprint density at radius 1 is 1.44 bits per heavy atom. The van der Waals surface area contributed by atoms with Gasteiger partial charge in [-0.15, -0.1) is 0 Å². The first kappa shape index (κ1) is 11.5. The second-order valence-electron chi connectivity index (χ2n) is 4.84. The molecule has 1 aliphatic rings. The van der Waals surface area contributed by atoms with E-state index in [2.05, 4.69) is 12.1 Å². The second kappa shape index (κ2) is 5.35. The molecule has 1 aromatic carbocycles. The van der Waals surface area contributed by atoms with Gasteiger partial charge >= 0.3 is 0 Å². The van der Waals surface area contributed by atoms with Crippen LogP contribution < -0.4 is 10.5 Å².